The number of nitrogens with one attached hydrogen (secondary N) is 2. The monoisotopic (exact) mass is 357 g/mol. The fourth-order valence-electron chi connectivity index (χ4n) is 3.57. The Hall–Kier alpha value is -1.88. The molecule has 1 aliphatic carbocycles. The van der Waals surface area contributed by atoms with E-state index in [1.807, 2.05) is 13.0 Å². The van der Waals surface area contributed by atoms with Crippen molar-refractivity contribution in [2.45, 2.75) is 64.1 Å². The van der Waals surface area contributed by atoms with Crippen LogP contribution in [0, 0.1) is 5.92 Å². The normalized spacial score (nSPS) is 19.7. The first kappa shape index (κ1) is 18.9. The molecule has 1 unspecified atom stereocenters. The second-order valence-corrected chi connectivity index (χ2v) is 7.67. The molecule has 0 aromatic heterocycles. The number of benzene rings is 1. The summed E-state index contributed by atoms with van der Waals surface area (Å²) < 4.78 is 0. The van der Waals surface area contributed by atoms with Gasteiger partial charge in [0.2, 0.25) is 11.8 Å². The molecular weight excluding hydrogens is 326 g/mol. The van der Waals surface area contributed by atoms with Crippen molar-refractivity contribution < 1.29 is 9.59 Å². The molecule has 2 aliphatic rings. The predicted octanol–water partition coefficient (Wildman–Crippen LogP) is 2.46. The van der Waals surface area contributed by atoms with E-state index in [1.54, 1.807) is 0 Å². The number of likely N-dealkylation sites (tertiary alicyclic amines) is 1. The molecule has 1 heterocycles. The minimum atomic E-state index is -0.379. The third-order valence-electron chi connectivity index (χ3n) is 5.34. The van der Waals surface area contributed by atoms with Gasteiger partial charge in [-0.05, 0) is 37.7 Å². The van der Waals surface area contributed by atoms with Gasteiger partial charge in [-0.1, -0.05) is 43.7 Å². The maximum Gasteiger partial charge on any atom is 0.242 e. The van der Waals surface area contributed by atoms with Gasteiger partial charge in [0, 0.05) is 31.6 Å². The average Bonchev–Trinajstić information content (AvgIpc) is 3.49. The first-order chi connectivity index (χ1) is 12.7. The highest BCUT2D eigenvalue weighted by Gasteiger charge is 2.33. The first-order valence-electron chi connectivity index (χ1n) is 10.0. The Balaban J connectivity index is 1.43. The lowest BCUT2D eigenvalue weighted by Crippen LogP contribution is -2.52. The molecule has 142 valence electrons. The Morgan fingerprint density at radius 1 is 1.12 bits per heavy atom. The molecule has 0 radical (unpaired) electrons. The standard InChI is InChI=1S/C21H31N3O2/c1-2-6-19(23-20(25)17-9-10-17)21(26)22-18-11-13-24(14-12-18)15-16-7-4-3-5-8-16/h3-5,7-8,17-19H,2,6,9-15H2,1H3,(H,22,26)(H,23,25). The summed E-state index contributed by atoms with van der Waals surface area (Å²) in [6.07, 6.45) is 5.45. The molecule has 1 aromatic rings. The second kappa shape index (κ2) is 9.17. The van der Waals surface area contributed by atoms with Crippen LogP contribution in [0.1, 0.15) is 51.0 Å². The number of rotatable bonds is 8. The highest BCUT2D eigenvalue weighted by atomic mass is 16.2. The summed E-state index contributed by atoms with van der Waals surface area (Å²) in [6, 6.07) is 10.3. The lowest BCUT2D eigenvalue weighted by Gasteiger charge is -2.33. The van der Waals surface area contributed by atoms with Gasteiger partial charge < -0.3 is 10.6 Å². The van der Waals surface area contributed by atoms with E-state index in [0.29, 0.717) is 6.42 Å². The summed E-state index contributed by atoms with van der Waals surface area (Å²) in [5, 5.41) is 6.12. The fourth-order valence-corrected chi connectivity index (χ4v) is 3.57. The smallest absolute Gasteiger partial charge is 0.242 e. The van der Waals surface area contributed by atoms with Crippen LogP contribution < -0.4 is 10.6 Å². The Kier molecular flexibility index (Phi) is 6.67. The van der Waals surface area contributed by atoms with Crippen molar-refractivity contribution in [1.82, 2.24) is 15.5 Å². The van der Waals surface area contributed by atoms with Gasteiger partial charge in [0.05, 0.1) is 0 Å². The van der Waals surface area contributed by atoms with Gasteiger partial charge in [-0.2, -0.15) is 0 Å². The van der Waals surface area contributed by atoms with Crippen LogP contribution in [0.3, 0.4) is 0 Å². The summed E-state index contributed by atoms with van der Waals surface area (Å²) in [5.41, 5.74) is 1.33. The number of hydrogen-bond donors (Lipinski definition) is 2. The van der Waals surface area contributed by atoms with Crippen molar-refractivity contribution in [3.8, 4) is 0 Å². The molecule has 1 saturated carbocycles. The highest BCUT2D eigenvalue weighted by molar-refractivity contribution is 5.89. The van der Waals surface area contributed by atoms with E-state index in [4.69, 9.17) is 0 Å². The molecule has 1 aliphatic heterocycles. The summed E-state index contributed by atoms with van der Waals surface area (Å²) in [6.45, 7) is 5.00. The van der Waals surface area contributed by atoms with Gasteiger partial charge in [0.15, 0.2) is 0 Å². The molecule has 3 rings (SSSR count). The highest BCUT2D eigenvalue weighted by Crippen LogP contribution is 2.29. The Bertz CT molecular complexity index is 593. The molecule has 2 fully saturated rings. The fraction of sp³-hybridized carbons (Fsp3) is 0.619. The lowest BCUT2D eigenvalue weighted by molar-refractivity contribution is -0.130. The largest absolute Gasteiger partial charge is 0.351 e. The van der Waals surface area contributed by atoms with Crippen LogP contribution in [-0.4, -0.2) is 41.9 Å². The van der Waals surface area contributed by atoms with E-state index in [1.165, 1.54) is 5.56 Å². The molecule has 1 saturated heterocycles. The average molecular weight is 357 g/mol. The zero-order chi connectivity index (χ0) is 18.4. The summed E-state index contributed by atoms with van der Waals surface area (Å²) >= 11 is 0. The van der Waals surface area contributed by atoms with Crippen molar-refractivity contribution in [3.63, 3.8) is 0 Å². The van der Waals surface area contributed by atoms with E-state index in [-0.39, 0.29) is 29.8 Å². The maximum absolute atomic E-state index is 12.6. The molecule has 5 nitrogen and oxygen atoms in total. The Labute approximate surface area is 156 Å². The van der Waals surface area contributed by atoms with Crippen molar-refractivity contribution >= 4 is 11.8 Å². The van der Waals surface area contributed by atoms with Crippen LogP contribution in [0.4, 0.5) is 0 Å². The summed E-state index contributed by atoms with van der Waals surface area (Å²) in [7, 11) is 0. The minimum absolute atomic E-state index is 0.0117. The number of nitrogens with zero attached hydrogens (tertiary/aromatic N) is 1. The van der Waals surface area contributed by atoms with Crippen LogP contribution in [0.25, 0.3) is 0 Å². The van der Waals surface area contributed by atoms with E-state index in [9.17, 15) is 9.59 Å². The predicted molar refractivity (Wildman–Crippen MR) is 102 cm³/mol. The molecular formula is C21H31N3O2. The van der Waals surface area contributed by atoms with E-state index >= 15 is 0 Å². The van der Waals surface area contributed by atoms with Crippen LogP contribution in [0.5, 0.6) is 0 Å². The van der Waals surface area contributed by atoms with Gasteiger partial charge in [0.1, 0.15) is 6.04 Å². The summed E-state index contributed by atoms with van der Waals surface area (Å²) in [4.78, 5) is 27.1. The topological polar surface area (TPSA) is 61.4 Å². The molecule has 0 spiro atoms. The molecule has 2 N–H and O–H groups in total. The van der Waals surface area contributed by atoms with Crippen molar-refractivity contribution in [2.24, 2.45) is 5.92 Å². The maximum atomic E-state index is 12.6. The molecule has 0 bridgehead atoms. The van der Waals surface area contributed by atoms with Crippen LogP contribution in [0.15, 0.2) is 30.3 Å². The molecule has 26 heavy (non-hydrogen) atoms. The summed E-state index contributed by atoms with van der Waals surface area (Å²) in [5.74, 6) is 0.182. The first-order valence-corrected chi connectivity index (χ1v) is 10.0. The molecule has 1 aromatic carbocycles. The zero-order valence-corrected chi connectivity index (χ0v) is 15.7. The van der Waals surface area contributed by atoms with Crippen molar-refractivity contribution in [1.29, 1.82) is 0 Å². The van der Waals surface area contributed by atoms with Crippen LogP contribution in [0.2, 0.25) is 0 Å². The third kappa shape index (κ3) is 5.56. The van der Waals surface area contributed by atoms with E-state index < -0.39 is 0 Å². The minimum Gasteiger partial charge on any atom is -0.351 e. The van der Waals surface area contributed by atoms with Crippen molar-refractivity contribution in [3.05, 3.63) is 35.9 Å². The lowest BCUT2D eigenvalue weighted by atomic mass is 10.0. The van der Waals surface area contributed by atoms with Gasteiger partial charge in [0.25, 0.3) is 0 Å². The third-order valence-corrected chi connectivity index (χ3v) is 5.34. The molecule has 2 amide bonds. The van der Waals surface area contributed by atoms with Gasteiger partial charge >= 0.3 is 0 Å². The number of carbonyl (C=O) groups is 2. The molecule has 1 atom stereocenters. The number of hydrogen-bond acceptors (Lipinski definition) is 3. The van der Waals surface area contributed by atoms with Crippen molar-refractivity contribution in [2.75, 3.05) is 13.1 Å². The quantitative estimate of drug-likeness (QED) is 0.751. The van der Waals surface area contributed by atoms with E-state index in [0.717, 1.165) is 51.7 Å². The number of piperidine rings is 1. The zero-order valence-electron chi connectivity index (χ0n) is 15.7. The van der Waals surface area contributed by atoms with Crippen LogP contribution in [-0.2, 0) is 16.1 Å². The molecule has 5 heteroatoms. The van der Waals surface area contributed by atoms with Crippen LogP contribution >= 0.6 is 0 Å². The second-order valence-electron chi connectivity index (χ2n) is 7.67. The number of amides is 2. The van der Waals surface area contributed by atoms with Gasteiger partial charge in [-0.3, -0.25) is 14.5 Å². The van der Waals surface area contributed by atoms with E-state index in [2.05, 4.69) is 39.8 Å². The SMILES string of the molecule is CCCC(NC(=O)C1CC1)C(=O)NC1CCN(Cc2ccccc2)CC1. The Morgan fingerprint density at radius 3 is 2.42 bits per heavy atom. The van der Waals surface area contributed by atoms with Gasteiger partial charge in [-0.15, -0.1) is 0 Å². The number of carbonyl (C=O) groups excluding carboxylic acids is 2. The Morgan fingerprint density at radius 2 is 1.81 bits per heavy atom. The van der Waals surface area contributed by atoms with Gasteiger partial charge in [-0.25, -0.2) is 0 Å².